The minimum atomic E-state index is -0.341. The van der Waals surface area contributed by atoms with Crippen molar-refractivity contribution < 1.29 is 9.94 Å². The van der Waals surface area contributed by atoms with E-state index in [1.54, 1.807) is 0 Å². The molecule has 0 fully saturated rings. The van der Waals surface area contributed by atoms with Crippen molar-refractivity contribution in [1.82, 2.24) is 0 Å². The number of nitrogens with zero attached hydrogens (tertiary/aromatic N) is 1. The average molecular weight is 337 g/mol. The highest BCUT2D eigenvalue weighted by molar-refractivity contribution is 5.85. The largest absolute Gasteiger partial charge is 0.392 e. The number of aliphatic hydroxyl groups excluding tert-OH is 1. The molecule has 0 radical (unpaired) electrons. The molecule has 2 aromatic carbocycles. The molecule has 1 aliphatic heterocycles. The first kappa shape index (κ1) is 17.7. The molecule has 0 amide bonds. The van der Waals surface area contributed by atoms with Gasteiger partial charge in [0.2, 0.25) is 0 Å². The second kappa shape index (κ2) is 6.32. The van der Waals surface area contributed by atoms with E-state index >= 15 is 0 Å². The number of benzene rings is 2. The van der Waals surface area contributed by atoms with Gasteiger partial charge in [-0.1, -0.05) is 42.5 Å². The summed E-state index contributed by atoms with van der Waals surface area (Å²) < 4.78 is 0. The summed E-state index contributed by atoms with van der Waals surface area (Å²) in [5.41, 5.74) is 4.60. The van der Waals surface area contributed by atoms with Crippen LogP contribution < -0.4 is 5.06 Å². The van der Waals surface area contributed by atoms with E-state index in [1.807, 2.05) is 44.0 Å². The van der Waals surface area contributed by atoms with Crippen molar-refractivity contribution >= 4 is 11.3 Å². The van der Waals surface area contributed by atoms with Gasteiger partial charge in [0.05, 0.1) is 23.4 Å². The predicted molar refractivity (Wildman–Crippen MR) is 104 cm³/mol. The Morgan fingerprint density at radius 2 is 1.68 bits per heavy atom. The smallest absolute Gasteiger partial charge is 0.0879 e. The van der Waals surface area contributed by atoms with Crippen LogP contribution in [0.5, 0.6) is 0 Å². The van der Waals surface area contributed by atoms with E-state index in [1.165, 1.54) is 0 Å². The maximum absolute atomic E-state index is 9.92. The van der Waals surface area contributed by atoms with Crippen LogP contribution in [0.25, 0.3) is 16.7 Å². The van der Waals surface area contributed by atoms with Crippen molar-refractivity contribution in [2.75, 3.05) is 11.7 Å². The number of hydrogen-bond donors (Lipinski definition) is 1. The van der Waals surface area contributed by atoms with Gasteiger partial charge in [0.25, 0.3) is 0 Å². The molecule has 3 heteroatoms. The van der Waals surface area contributed by atoms with Crippen molar-refractivity contribution in [3.8, 4) is 11.1 Å². The minimum absolute atomic E-state index is 0.0119. The number of hydrogen-bond acceptors (Lipinski definition) is 3. The van der Waals surface area contributed by atoms with Gasteiger partial charge < -0.3 is 5.11 Å². The van der Waals surface area contributed by atoms with Crippen molar-refractivity contribution in [2.24, 2.45) is 0 Å². The van der Waals surface area contributed by atoms with Gasteiger partial charge in [-0.3, -0.25) is 4.84 Å². The van der Waals surface area contributed by atoms with Crippen LogP contribution in [-0.2, 0) is 4.84 Å². The Kier molecular flexibility index (Phi) is 4.48. The topological polar surface area (TPSA) is 32.7 Å². The molecule has 0 aliphatic carbocycles. The van der Waals surface area contributed by atoms with E-state index in [-0.39, 0.29) is 17.7 Å². The highest BCUT2D eigenvalue weighted by Crippen LogP contribution is 2.42. The molecule has 132 valence electrons. The van der Waals surface area contributed by atoms with E-state index in [0.29, 0.717) is 0 Å². The molecule has 3 nitrogen and oxygen atoms in total. The summed E-state index contributed by atoms with van der Waals surface area (Å²) in [4.78, 5) is 6.27. The van der Waals surface area contributed by atoms with Crippen LogP contribution in [0.3, 0.4) is 0 Å². The summed E-state index contributed by atoms with van der Waals surface area (Å²) in [6.45, 7) is 10.4. The lowest BCUT2D eigenvalue weighted by Gasteiger charge is -2.45. The van der Waals surface area contributed by atoms with Crippen LogP contribution in [0.15, 0.2) is 54.6 Å². The van der Waals surface area contributed by atoms with Crippen LogP contribution in [0.1, 0.15) is 40.2 Å². The minimum Gasteiger partial charge on any atom is -0.392 e. The van der Waals surface area contributed by atoms with Gasteiger partial charge in [-0.15, -0.1) is 0 Å². The van der Waals surface area contributed by atoms with Crippen molar-refractivity contribution in [1.29, 1.82) is 0 Å². The number of rotatable bonds is 3. The molecule has 3 rings (SSSR count). The predicted octanol–water partition coefficient (Wildman–Crippen LogP) is 5.06. The summed E-state index contributed by atoms with van der Waals surface area (Å²) >= 11 is 0. The lowest BCUT2D eigenvalue weighted by atomic mass is 9.88. The fourth-order valence-electron chi connectivity index (χ4n) is 3.23. The average Bonchev–Trinajstić information content (AvgIpc) is 2.56. The zero-order chi connectivity index (χ0) is 18.2. The highest BCUT2D eigenvalue weighted by atomic mass is 16.7. The molecule has 0 spiro atoms. The molecular formula is C22H27NO2. The van der Waals surface area contributed by atoms with Gasteiger partial charge in [-0.25, -0.2) is 5.06 Å². The van der Waals surface area contributed by atoms with Gasteiger partial charge in [-0.2, -0.15) is 0 Å². The van der Waals surface area contributed by atoms with E-state index < -0.39 is 0 Å². The Bertz CT molecular complexity index is 785. The molecular weight excluding hydrogens is 310 g/mol. The Hall–Kier alpha value is -2.10. The third kappa shape index (κ3) is 3.63. The normalized spacial score (nSPS) is 16.4. The molecule has 1 aliphatic rings. The van der Waals surface area contributed by atoms with E-state index in [0.717, 1.165) is 28.0 Å². The highest BCUT2D eigenvalue weighted by Gasteiger charge is 2.36. The van der Waals surface area contributed by atoms with Gasteiger partial charge >= 0.3 is 0 Å². The molecule has 0 unspecified atom stereocenters. The summed E-state index contributed by atoms with van der Waals surface area (Å²) in [7, 11) is 0. The van der Waals surface area contributed by atoms with E-state index in [4.69, 9.17) is 4.84 Å². The second-order valence-corrected chi connectivity index (χ2v) is 8.08. The SMILES string of the molecule is CC(C)(C)ON1c2ccc(-c3ccccc3)cc2C(CO)=CC1(C)C. The number of anilines is 1. The third-order valence-electron chi connectivity index (χ3n) is 4.25. The standard InChI is InChI=1S/C22H27NO2/c1-21(2,3)25-23-20-12-11-17(16-9-7-6-8-10-16)13-19(20)18(15-24)14-22(23,4)5/h6-14,24H,15H2,1-5H3. The number of aliphatic hydroxyl groups is 1. The summed E-state index contributed by atoms with van der Waals surface area (Å²) in [5, 5.41) is 11.9. The fourth-order valence-corrected chi connectivity index (χ4v) is 3.23. The lowest BCUT2D eigenvalue weighted by molar-refractivity contribution is -0.0417. The Morgan fingerprint density at radius 1 is 1.00 bits per heavy atom. The first-order valence-electron chi connectivity index (χ1n) is 8.73. The maximum Gasteiger partial charge on any atom is 0.0879 e. The second-order valence-electron chi connectivity index (χ2n) is 8.08. The number of hydroxylamine groups is 1. The van der Waals surface area contributed by atoms with Gasteiger partial charge in [0.15, 0.2) is 0 Å². The first-order valence-corrected chi connectivity index (χ1v) is 8.73. The lowest BCUT2D eigenvalue weighted by Crippen LogP contribution is -2.49. The summed E-state index contributed by atoms with van der Waals surface area (Å²) in [6.07, 6.45) is 2.09. The van der Waals surface area contributed by atoms with Crippen LogP contribution >= 0.6 is 0 Å². The third-order valence-corrected chi connectivity index (χ3v) is 4.25. The van der Waals surface area contributed by atoms with Crippen LogP contribution in [-0.4, -0.2) is 22.9 Å². The zero-order valence-corrected chi connectivity index (χ0v) is 15.7. The van der Waals surface area contributed by atoms with Crippen LogP contribution in [0, 0.1) is 0 Å². The van der Waals surface area contributed by atoms with Gasteiger partial charge in [0, 0.05) is 5.56 Å². The van der Waals surface area contributed by atoms with Crippen LogP contribution in [0.2, 0.25) is 0 Å². The van der Waals surface area contributed by atoms with Crippen molar-refractivity contribution in [3.05, 3.63) is 60.2 Å². The molecule has 25 heavy (non-hydrogen) atoms. The zero-order valence-electron chi connectivity index (χ0n) is 15.7. The van der Waals surface area contributed by atoms with E-state index in [9.17, 15) is 5.11 Å². The molecule has 1 heterocycles. The number of fused-ring (bicyclic) bond motifs is 1. The fraction of sp³-hybridized carbons (Fsp3) is 0.364. The molecule has 0 saturated carbocycles. The first-order chi connectivity index (χ1) is 11.7. The molecule has 0 atom stereocenters. The summed E-state index contributed by atoms with van der Waals surface area (Å²) in [6, 6.07) is 16.6. The van der Waals surface area contributed by atoms with Crippen molar-refractivity contribution in [2.45, 2.75) is 45.8 Å². The van der Waals surface area contributed by atoms with Gasteiger partial charge in [-0.05, 0) is 63.5 Å². The van der Waals surface area contributed by atoms with E-state index in [2.05, 4.69) is 50.3 Å². The monoisotopic (exact) mass is 337 g/mol. The van der Waals surface area contributed by atoms with Crippen molar-refractivity contribution in [3.63, 3.8) is 0 Å². The maximum atomic E-state index is 9.92. The molecule has 0 bridgehead atoms. The molecule has 0 aromatic heterocycles. The quantitative estimate of drug-likeness (QED) is 0.850. The molecule has 0 saturated heterocycles. The van der Waals surface area contributed by atoms with Crippen LogP contribution in [0.4, 0.5) is 5.69 Å². The van der Waals surface area contributed by atoms with Gasteiger partial charge in [0.1, 0.15) is 0 Å². The molecule has 1 N–H and O–H groups in total. The Labute approximate surface area is 150 Å². The molecule has 2 aromatic rings. The Balaban J connectivity index is 2.13. The summed E-state index contributed by atoms with van der Waals surface area (Å²) in [5.74, 6) is 0. The Morgan fingerprint density at radius 3 is 2.28 bits per heavy atom.